The Labute approximate surface area is 95.6 Å². The molecule has 1 aromatic rings. The lowest BCUT2D eigenvalue weighted by atomic mass is 10.00. The molecule has 0 amide bonds. The van der Waals surface area contributed by atoms with Crippen LogP contribution in [0.3, 0.4) is 0 Å². The molecule has 16 heavy (non-hydrogen) atoms. The Morgan fingerprint density at radius 1 is 1.44 bits per heavy atom. The Morgan fingerprint density at radius 3 is 3.25 bits per heavy atom. The molecule has 1 fully saturated rings. The Kier molecular flexibility index (Phi) is 2.35. The fourth-order valence-corrected chi connectivity index (χ4v) is 2.62. The molecule has 0 saturated carbocycles. The number of anilines is 2. The van der Waals surface area contributed by atoms with E-state index in [0.29, 0.717) is 11.9 Å². The SMILES string of the molecule is COc1ccc2c(n1)N1CCCCC1CN2. The molecule has 0 spiro atoms. The van der Waals surface area contributed by atoms with E-state index in [0.717, 1.165) is 24.6 Å². The summed E-state index contributed by atoms with van der Waals surface area (Å²) in [6.07, 6.45) is 3.88. The first-order valence-electron chi connectivity index (χ1n) is 5.94. The summed E-state index contributed by atoms with van der Waals surface area (Å²) in [6.45, 7) is 2.17. The Hall–Kier alpha value is -1.45. The highest BCUT2D eigenvalue weighted by molar-refractivity contribution is 5.69. The van der Waals surface area contributed by atoms with Crippen LogP contribution in [0.2, 0.25) is 0 Å². The Balaban J connectivity index is 1.98. The van der Waals surface area contributed by atoms with Crippen LogP contribution in [0.1, 0.15) is 19.3 Å². The van der Waals surface area contributed by atoms with Gasteiger partial charge >= 0.3 is 0 Å². The molecular weight excluding hydrogens is 202 g/mol. The molecule has 1 unspecified atom stereocenters. The van der Waals surface area contributed by atoms with Gasteiger partial charge in [0.15, 0.2) is 5.82 Å². The second kappa shape index (κ2) is 3.85. The molecule has 86 valence electrons. The number of aromatic nitrogens is 1. The zero-order valence-electron chi connectivity index (χ0n) is 9.57. The summed E-state index contributed by atoms with van der Waals surface area (Å²) in [7, 11) is 1.67. The standard InChI is InChI=1S/C12H17N3O/c1-16-11-6-5-10-12(14-11)15-7-3-2-4-9(15)8-13-10/h5-6,9,13H,2-4,7-8H2,1H3. The summed E-state index contributed by atoms with van der Waals surface area (Å²) in [5, 5.41) is 3.45. The molecular formula is C12H17N3O. The number of hydrogen-bond acceptors (Lipinski definition) is 4. The lowest BCUT2D eigenvalue weighted by molar-refractivity contribution is 0.394. The van der Waals surface area contributed by atoms with Gasteiger partial charge in [0.1, 0.15) is 0 Å². The quantitative estimate of drug-likeness (QED) is 0.782. The molecule has 1 aromatic heterocycles. The monoisotopic (exact) mass is 219 g/mol. The van der Waals surface area contributed by atoms with Crippen LogP contribution in [0, 0.1) is 0 Å². The fourth-order valence-electron chi connectivity index (χ4n) is 2.62. The lowest BCUT2D eigenvalue weighted by Gasteiger charge is -2.41. The van der Waals surface area contributed by atoms with Gasteiger partial charge in [0.05, 0.1) is 12.8 Å². The van der Waals surface area contributed by atoms with Crippen molar-refractivity contribution in [3.8, 4) is 5.88 Å². The first-order chi connectivity index (χ1) is 7.88. The van der Waals surface area contributed by atoms with E-state index in [4.69, 9.17) is 4.74 Å². The van der Waals surface area contributed by atoms with Gasteiger partial charge in [-0.15, -0.1) is 0 Å². The molecule has 1 N–H and O–H groups in total. The average Bonchev–Trinajstić information content (AvgIpc) is 2.38. The normalized spacial score (nSPS) is 23.1. The number of hydrogen-bond donors (Lipinski definition) is 1. The van der Waals surface area contributed by atoms with Crippen molar-refractivity contribution < 1.29 is 4.74 Å². The summed E-state index contributed by atoms with van der Waals surface area (Å²) in [5.74, 6) is 1.77. The second-order valence-corrected chi connectivity index (χ2v) is 4.45. The minimum atomic E-state index is 0.612. The minimum absolute atomic E-state index is 0.612. The van der Waals surface area contributed by atoms with Crippen molar-refractivity contribution in [2.24, 2.45) is 0 Å². The van der Waals surface area contributed by atoms with E-state index >= 15 is 0 Å². The Bertz CT molecular complexity index is 394. The van der Waals surface area contributed by atoms with E-state index in [9.17, 15) is 0 Å². The van der Waals surface area contributed by atoms with Gasteiger partial charge in [-0.25, -0.2) is 0 Å². The maximum absolute atomic E-state index is 5.19. The average molecular weight is 219 g/mol. The van der Waals surface area contributed by atoms with Gasteiger partial charge in [-0.3, -0.25) is 0 Å². The van der Waals surface area contributed by atoms with E-state index in [1.165, 1.54) is 19.3 Å². The van der Waals surface area contributed by atoms with Crippen molar-refractivity contribution in [1.82, 2.24) is 4.98 Å². The van der Waals surface area contributed by atoms with Crippen molar-refractivity contribution in [1.29, 1.82) is 0 Å². The number of methoxy groups -OCH3 is 1. The Morgan fingerprint density at radius 2 is 2.38 bits per heavy atom. The number of fused-ring (bicyclic) bond motifs is 3. The molecule has 2 aliphatic rings. The van der Waals surface area contributed by atoms with E-state index < -0.39 is 0 Å². The van der Waals surface area contributed by atoms with E-state index in [2.05, 4.69) is 21.3 Å². The number of rotatable bonds is 1. The van der Waals surface area contributed by atoms with Crippen molar-refractivity contribution in [3.05, 3.63) is 12.1 Å². The molecule has 4 heteroatoms. The van der Waals surface area contributed by atoms with Crippen molar-refractivity contribution in [3.63, 3.8) is 0 Å². The van der Waals surface area contributed by atoms with Gasteiger partial charge in [0, 0.05) is 25.2 Å². The van der Waals surface area contributed by atoms with Gasteiger partial charge in [-0.2, -0.15) is 4.98 Å². The molecule has 1 saturated heterocycles. The van der Waals surface area contributed by atoms with Crippen LogP contribution in [-0.2, 0) is 0 Å². The van der Waals surface area contributed by atoms with Crippen LogP contribution in [0.5, 0.6) is 5.88 Å². The first-order valence-corrected chi connectivity index (χ1v) is 5.94. The molecule has 0 radical (unpaired) electrons. The van der Waals surface area contributed by atoms with Crippen LogP contribution in [0.4, 0.5) is 11.5 Å². The van der Waals surface area contributed by atoms with Gasteiger partial charge in [-0.05, 0) is 25.3 Å². The zero-order chi connectivity index (χ0) is 11.0. The number of piperidine rings is 1. The summed E-state index contributed by atoms with van der Waals surface area (Å²) >= 11 is 0. The van der Waals surface area contributed by atoms with Crippen molar-refractivity contribution >= 4 is 11.5 Å². The number of nitrogens with zero attached hydrogens (tertiary/aromatic N) is 2. The van der Waals surface area contributed by atoms with Gasteiger partial charge in [0.25, 0.3) is 0 Å². The highest BCUT2D eigenvalue weighted by atomic mass is 16.5. The third kappa shape index (κ3) is 1.49. The third-order valence-electron chi connectivity index (χ3n) is 3.49. The maximum atomic E-state index is 5.19. The lowest BCUT2D eigenvalue weighted by Crippen LogP contribution is -2.47. The van der Waals surface area contributed by atoms with Crippen LogP contribution in [-0.4, -0.2) is 31.2 Å². The van der Waals surface area contributed by atoms with Crippen LogP contribution >= 0.6 is 0 Å². The predicted octanol–water partition coefficient (Wildman–Crippen LogP) is 1.87. The minimum Gasteiger partial charge on any atom is -0.481 e. The van der Waals surface area contributed by atoms with E-state index in [1.54, 1.807) is 7.11 Å². The number of ether oxygens (including phenoxy) is 1. The van der Waals surface area contributed by atoms with Crippen LogP contribution in [0.25, 0.3) is 0 Å². The molecule has 4 nitrogen and oxygen atoms in total. The molecule has 0 aromatic carbocycles. The smallest absolute Gasteiger partial charge is 0.215 e. The summed E-state index contributed by atoms with van der Waals surface area (Å²) in [6, 6.07) is 4.59. The summed E-state index contributed by atoms with van der Waals surface area (Å²) in [4.78, 5) is 6.99. The molecule has 3 heterocycles. The maximum Gasteiger partial charge on any atom is 0.215 e. The van der Waals surface area contributed by atoms with Gasteiger partial charge in [-0.1, -0.05) is 0 Å². The van der Waals surface area contributed by atoms with Crippen molar-refractivity contribution in [2.75, 3.05) is 30.4 Å². The van der Waals surface area contributed by atoms with Crippen LogP contribution < -0.4 is 15.0 Å². The molecule has 0 aliphatic carbocycles. The second-order valence-electron chi connectivity index (χ2n) is 4.45. The highest BCUT2D eigenvalue weighted by Crippen LogP contribution is 2.34. The summed E-state index contributed by atoms with van der Waals surface area (Å²) < 4.78 is 5.19. The zero-order valence-corrected chi connectivity index (χ0v) is 9.57. The molecule has 2 aliphatic heterocycles. The molecule has 3 rings (SSSR count). The highest BCUT2D eigenvalue weighted by Gasteiger charge is 2.29. The third-order valence-corrected chi connectivity index (χ3v) is 3.49. The number of nitrogens with one attached hydrogen (secondary N) is 1. The van der Waals surface area contributed by atoms with Gasteiger partial charge < -0.3 is 15.0 Å². The topological polar surface area (TPSA) is 37.4 Å². The molecule has 0 bridgehead atoms. The van der Waals surface area contributed by atoms with Gasteiger partial charge in [0.2, 0.25) is 5.88 Å². The predicted molar refractivity (Wildman–Crippen MR) is 64.3 cm³/mol. The van der Waals surface area contributed by atoms with Crippen LogP contribution in [0.15, 0.2) is 12.1 Å². The first kappa shape index (κ1) is 9.75. The van der Waals surface area contributed by atoms with E-state index in [-0.39, 0.29) is 0 Å². The van der Waals surface area contributed by atoms with E-state index in [1.807, 2.05) is 6.07 Å². The summed E-state index contributed by atoms with van der Waals surface area (Å²) in [5.41, 5.74) is 1.14. The number of pyridine rings is 1. The fraction of sp³-hybridized carbons (Fsp3) is 0.583. The van der Waals surface area contributed by atoms with Crippen molar-refractivity contribution in [2.45, 2.75) is 25.3 Å². The molecule has 1 atom stereocenters. The largest absolute Gasteiger partial charge is 0.481 e.